The first kappa shape index (κ1) is 27.0. The number of carbonyl (C=O) groups is 1. The molecule has 0 saturated heterocycles. The van der Waals surface area contributed by atoms with Gasteiger partial charge in [0, 0.05) is 42.2 Å². The molecule has 2 aromatic rings. The number of aliphatic imine (C=N–C) groups is 1. The average molecular weight is 496 g/mol. The number of amides is 1. The minimum atomic E-state index is -1.25. The lowest BCUT2D eigenvalue weighted by Crippen LogP contribution is -2.53. The highest BCUT2D eigenvalue weighted by Gasteiger charge is 2.45. The van der Waals surface area contributed by atoms with Crippen LogP contribution in [-0.2, 0) is 16.0 Å². The van der Waals surface area contributed by atoms with Crippen LogP contribution in [-0.4, -0.2) is 74.4 Å². The summed E-state index contributed by atoms with van der Waals surface area (Å²) in [4.78, 5) is 23.1. The number of azide groups is 1. The maximum absolute atomic E-state index is 13.4. The molecule has 1 amide bonds. The molecule has 3 rings (SSSR count). The van der Waals surface area contributed by atoms with Gasteiger partial charge in [-0.2, -0.15) is 0 Å². The van der Waals surface area contributed by atoms with Gasteiger partial charge in [0.05, 0.1) is 6.61 Å². The van der Waals surface area contributed by atoms with Crippen molar-refractivity contribution < 1.29 is 19.4 Å². The summed E-state index contributed by atoms with van der Waals surface area (Å²) in [6.07, 6.45) is 1.60. The van der Waals surface area contributed by atoms with Gasteiger partial charge in [0.2, 0.25) is 5.90 Å². The summed E-state index contributed by atoms with van der Waals surface area (Å²) < 4.78 is 11.5. The van der Waals surface area contributed by atoms with Gasteiger partial charge < -0.3 is 19.5 Å². The molecule has 0 aromatic heterocycles. The molecular formula is C25H33N7O4. The van der Waals surface area contributed by atoms with Crippen molar-refractivity contribution in [3.05, 3.63) is 70.1 Å². The van der Waals surface area contributed by atoms with E-state index >= 15 is 0 Å². The zero-order valence-electron chi connectivity index (χ0n) is 20.7. The van der Waals surface area contributed by atoms with Gasteiger partial charge in [-0.15, -0.1) is 0 Å². The normalized spacial score (nSPS) is 16.7. The number of aliphatic hydroxyl groups excluding tert-OH is 1. The molecule has 192 valence electrons. The van der Waals surface area contributed by atoms with E-state index in [-0.39, 0.29) is 25.5 Å². The zero-order chi connectivity index (χ0) is 25.8. The smallest absolute Gasteiger partial charge is 0.266 e. The molecule has 0 fully saturated rings. The third-order valence-corrected chi connectivity index (χ3v) is 5.59. The van der Waals surface area contributed by atoms with Crippen LogP contribution in [0, 0.1) is 0 Å². The van der Waals surface area contributed by atoms with Crippen LogP contribution in [0.25, 0.3) is 10.4 Å². The van der Waals surface area contributed by atoms with E-state index in [1.165, 1.54) is 0 Å². The van der Waals surface area contributed by atoms with Crippen molar-refractivity contribution in [3.63, 3.8) is 0 Å². The van der Waals surface area contributed by atoms with E-state index in [0.29, 0.717) is 48.0 Å². The number of nitrogens with one attached hydrogen (secondary N) is 2. The molecule has 3 N–H and O–H groups in total. The Hall–Kier alpha value is -3.63. The lowest BCUT2D eigenvalue weighted by atomic mass is 9.91. The van der Waals surface area contributed by atoms with Crippen LogP contribution in [0.5, 0.6) is 5.75 Å². The number of nitrogens with zero attached hydrogens (tertiary/aromatic N) is 5. The maximum atomic E-state index is 13.4. The van der Waals surface area contributed by atoms with E-state index in [9.17, 15) is 4.79 Å². The van der Waals surface area contributed by atoms with E-state index in [1.807, 2.05) is 38.4 Å². The lowest BCUT2D eigenvalue weighted by Gasteiger charge is -2.24. The molecule has 0 aliphatic carbocycles. The zero-order valence-corrected chi connectivity index (χ0v) is 20.7. The molecule has 1 aliphatic rings. The third kappa shape index (κ3) is 7.43. The summed E-state index contributed by atoms with van der Waals surface area (Å²) in [6, 6.07) is 14.3. The number of rotatable bonds is 14. The Morgan fingerprint density at radius 3 is 2.75 bits per heavy atom. The SMILES string of the molecule is CN(C)CCCNNC(=O)[C@]1(Cc2ccccc2N=[N+]=[N-])COC(c2ccc(OCCCO)cc2)=N1. The molecule has 0 radical (unpaired) electrons. The van der Waals surface area contributed by atoms with Gasteiger partial charge in [0.1, 0.15) is 12.4 Å². The first-order valence-corrected chi connectivity index (χ1v) is 11.9. The molecule has 1 heterocycles. The van der Waals surface area contributed by atoms with Crippen molar-refractivity contribution in [3.8, 4) is 5.75 Å². The number of aliphatic hydroxyl groups is 1. The lowest BCUT2D eigenvalue weighted by molar-refractivity contribution is -0.127. The fraction of sp³-hybridized carbons (Fsp3) is 0.440. The fourth-order valence-electron chi connectivity index (χ4n) is 3.69. The third-order valence-electron chi connectivity index (χ3n) is 5.59. The van der Waals surface area contributed by atoms with Gasteiger partial charge >= 0.3 is 0 Å². The molecule has 0 spiro atoms. The molecule has 0 saturated carbocycles. The first-order valence-electron chi connectivity index (χ1n) is 11.9. The fourth-order valence-corrected chi connectivity index (χ4v) is 3.69. The number of hydrazine groups is 1. The topological polar surface area (TPSA) is 144 Å². The van der Waals surface area contributed by atoms with Gasteiger partial charge in [-0.25, -0.2) is 10.4 Å². The second kappa shape index (κ2) is 13.5. The minimum absolute atomic E-state index is 0.0346. The van der Waals surface area contributed by atoms with Crippen LogP contribution in [0.3, 0.4) is 0 Å². The van der Waals surface area contributed by atoms with Gasteiger partial charge in [-0.3, -0.25) is 10.2 Å². The van der Waals surface area contributed by atoms with Crippen LogP contribution in [0.2, 0.25) is 0 Å². The minimum Gasteiger partial charge on any atom is -0.494 e. The molecular weight excluding hydrogens is 462 g/mol. The predicted octanol–water partition coefficient (Wildman–Crippen LogP) is 2.72. The summed E-state index contributed by atoms with van der Waals surface area (Å²) in [7, 11) is 3.99. The summed E-state index contributed by atoms with van der Waals surface area (Å²) in [6.45, 7) is 2.01. The van der Waals surface area contributed by atoms with E-state index in [1.54, 1.807) is 24.3 Å². The Morgan fingerprint density at radius 1 is 1.25 bits per heavy atom. The van der Waals surface area contributed by atoms with Gasteiger partial charge in [-0.1, -0.05) is 29.4 Å². The number of benzene rings is 2. The first-order chi connectivity index (χ1) is 17.5. The molecule has 1 atom stereocenters. The molecule has 2 aromatic carbocycles. The number of carbonyl (C=O) groups excluding carboxylic acids is 1. The average Bonchev–Trinajstić information content (AvgIpc) is 3.31. The van der Waals surface area contributed by atoms with Crippen LogP contribution in [0.15, 0.2) is 58.6 Å². The highest BCUT2D eigenvalue weighted by atomic mass is 16.5. The van der Waals surface area contributed by atoms with Crippen molar-refractivity contribution in [2.45, 2.75) is 24.8 Å². The Balaban J connectivity index is 1.81. The van der Waals surface area contributed by atoms with E-state index in [4.69, 9.17) is 25.1 Å². The van der Waals surface area contributed by atoms with Crippen LogP contribution < -0.4 is 15.6 Å². The Labute approximate surface area is 210 Å². The van der Waals surface area contributed by atoms with Crippen molar-refractivity contribution in [1.82, 2.24) is 15.8 Å². The van der Waals surface area contributed by atoms with Crippen molar-refractivity contribution in [2.75, 3.05) is 47.0 Å². The predicted molar refractivity (Wildman–Crippen MR) is 137 cm³/mol. The van der Waals surface area contributed by atoms with Crippen LogP contribution in [0.1, 0.15) is 24.0 Å². The molecule has 11 nitrogen and oxygen atoms in total. The monoisotopic (exact) mass is 495 g/mol. The number of hydrogen-bond acceptors (Lipinski definition) is 8. The summed E-state index contributed by atoms with van der Waals surface area (Å²) in [5.41, 5.74) is 15.3. The number of ether oxygens (including phenoxy) is 2. The van der Waals surface area contributed by atoms with Gasteiger partial charge in [-0.05, 0) is 62.4 Å². The van der Waals surface area contributed by atoms with Crippen LogP contribution in [0.4, 0.5) is 5.69 Å². The molecule has 0 bridgehead atoms. The number of hydrogen-bond donors (Lipinski definition) is 3. The highest BCUT2D eigenvalue weighted by molar-refractivity contribution is 6.00. The largest absolute Gasteiger partial charge is 0.494 e. The maximum Gasteiger partial charge on any atom is 0.266 e. The molecule has 0 unspecified atom stereocenters. The summed E-state index contributed by atoms with van der Waals surface area (Å²) in [5.74, 6) is 0.683. The van der Waals surface area contributed by atoms with Gasteiger partial charge in [0.25, 0.3) is 5.91 Å². The molecule has 11 heteroatoms. The quantitative estimate of drug-likeness (QED) is 0.121. The second-order valence-corrected chi connectivity index (χ2v) is 8.72. The highest BCUT2D eigenvalue weighted by Crippen LogP contribution is 2.31. The van der Waals surface area contributed by atoms with Crippen molar-refractivity contribution >= 4 is 17.5 Å². The second-order valence-electron chi connectivity index (χ2n) is 8.72. The Bertz CT molecular complexity index is 1080. The van der Waals surface area contributed by atoms with E-state index in [0.717, 1.165) is 13.0 Å². The Morgan fingerprint density at radius 2 is 2.03 bits per heavy atom. The molecule has 1 aliphatic heterocycles. The van der Waals surface area contributed by atoms with Crippen LogP contribution >= 0.6 is 0 Å². The van der Waals surface area contributed by atoms with Gasteiger partial charge in [0.15, 0.2) is 5.54 Å². The van der Waals surface area contributed by atoms with Crippen molar-refractivity contribution in [2.24, 2.45) is 10.1 Å². The Kier molecular flexibility index (Phi) is 10.1. The standard InChI is InChI=1S/C25H33N7O4/c1-32(2)14-5-13-27-30-24(34)25(17-20-7-3-4-8-22(20)29-31-26)18-36-23(28-25)19-9-11-21(12-10-19)35-16-6-15-33/h3-4,7-12,27,33H,5-6,13-18H2,1-2H3,(H,30,34)/t25-/m0/s1. The van der Waals surface area contributed by atoms with E-state index < -0.39 is 5.54 Å². The van der Waals surface area contributed by atoms with E-state index in [2.05, 4.69) is 25.8 Å². The summed E-state index contributed by atoms with van der Waals surface area (Å²) in [5, 5.41) is 12.7. The summed E-state index contributed by atoms with van der Waals surface area (Å²) >= 11 is 0. The van der Waals surface area contributed by atoms with Crippen molar-refractivity contribution in [1.29, 1.82) is 0 Å². The molecule has 36 heavy (non-hydrogen) atoms.